The molecule has 0 saturated carbocycles. The van der Waals surface area contributed by atoms with Crippen LogP contribution in [0.15, 0.2) is 81.2 Å². The minimum Gasteiger partial charge on any atom is -0.493 e. The van der Waals surface area contributed by atoms with Gasteiger partial charge in [0, 0.05) is 4.47 Å². The van der Waals surface area contributed by atoms with Crippen molar-refractivity contribution in [2.75, 3.05) is 25.1 Å². The molecule has 0 atom stereocenters. The zero-order valence-electron chi connectivity index (χ0n) is 18.9. The Bertz CT molecular complexity index is 1280. The lowest BCUT2D eigenvalue weighted by atomic mass is 10.2. The van der Waals surface area contributed by atoms with Gasteiger partial charge in [0.15, 0.2) is 11.5 Å². The number of hydrazone groups is 1. The predicted octanol–water partition coefficient (Wildman–Crippen LogP) is 4.12. The highest BCUT2D eigenvalue weighted by Gasteiger charge is 2.27. The summed E-state index contributed by atoms with van der Waals surface area (Å²) in [6, 6.07) is 18.3. The fourth-order valence-electron chi connectivity index (χ4n) is 3.04. The van der Waals surface area contributed by atoms with E-state index in [9.17, 15) is 13.2 Å². The van der Waals surface area contributed by atoms with Crippen LogP contribution in [0.5, 0.6) is 11.5 Å². The summed E-state index contributed by atoms with van der Waals surface area (Å²) in [4.78, 5) is 12.7. The second-order valence-corrected chi connectivity index (χ2v) is 9.99. The molecule has 178 valence electrons. The van der Waals surface area contributed by atoms with Crippen molar-refractivity contribution in [2.45, 2.75) is 11.8 Å². The third kappa shape index (κ3) is 6.15. The molecule has 1 N–H and O–H groups in total. The van der Waals surface area contributed by atoms with Crippen molar-refractivity contribution in [1.29, 1.82) is 0 Å². The number of sulfonamides is 1. The van der Waals surface area contributed by atoms with Crippen LogP contribution in [0.4, 0.5) is 5.69 Å². The molecule has 0 aromatic heterocycles. The minimum absolute atomic E-state index is 0.0858. The molecule has 0 aliphatic carbocycles. The number of halogens is 1. The van der Waals surface area contributed by atoms with Gasteiger partial charge in [-0.2, -0.15) is 5.10 Å². The molecule has 3 rings (SSSR count). The first kappa shape index (κ1) is 25.3. The summed E-state index contributed by atoms with van der Waals surface area (Å²) >= 11 is 3.34. The van der Waals surface area contributed by atoms with Crippen LogP contribution in [0.25, 0.3) is 0 Å². The molecule has 0 heterocycles. The number of hydrogen-bond donors (Lipinski definition) is 1. The third-order valence-electron chi connectivity index (χ3n) is 4.82. The van der Waals surface area contributed by atoms with Crippen molar-refractivity contribution in [3.8, 4) is 11.5 Å². The van der Waals surface area contributed by atoms with Crippen LogP contribution in [0, 0.1) is 6.92 Å². The molecular weight excluding hydrogens is 522 g/mol. The maximum absolute atomic E-state index is 13.4. The van der Waals surface area contributed by atoms with Gasteiger partial charge in [-0.1, -0.05) is 33.6 Å². The van der Waals surface area contributed by atoms with Crippen LogP contribution in [0.2, 0.25) is 0 Å². The Labute approximate surface area is 207 Å². The van der Waals surface area contributed by atoms with Gasteiger partial charge in [-0.3, -0.25) is 9.10 Å². The van der Waals surface area contributed by atoms with Gasteiger partial charge >= 0.3 is 0 Å². The molecular formula is C24H24BrN3O5S. The standard InChI is InChI=1S/C24H24BrN3O5S/c1-17-4-11-21(12-5-17)34(30,31)28(20-9-7-19(25)8-10-20)16-24(29)27-26-15-18-6-13-22(32-2)23(14-18)33-3/h4-15H,16H2,1-3H3,(H,27,29)/b26-15-. The molecule has 8 nitrogen and oxygen atoms in total. The molecule has 34 heavy (non-hydrogen) atoms. The number of nitrogens with one attached hydrogen (secondary N) is 1. The van der Waals surface area contributed by atoms with Crippen molar-refractivity contribution < 1.29 is 22.7 Å². The van der Waals surface area contributed by atoms with E-state index in [0.717, 1.165) is 14.3 Å². The molecule has 0 bridgehead atoms. The molecule has 0 unspecified atom stereocenters. The number of carbonyl (C=O) groups excluding carboxylic acids is 1. The van der Waals surface area contributed by atoms with Gasteiger partial charge in [-0.25, -0.2) is 13.8 Å². The second-order valence-electron chi connectivity index (χ2n) is 7.21. The number of nitrogens with zero attached hydrogens (tertiary/aromatic N) is 2. The first-order valence-electron chi connectivity index (χ1n) is 10.1. The second kappa shape index (κ2) is 11.2. The maximum atomic E-state index is 13.4. The number of aryl methyl sites for hydroxylation is 1. The van der Waals surface area contributed by atoms with E-state index in [4.69, 9.17) is 9.47 Å². The predicted molar refractivity (Wildman–Crippen MR) is 135 cm³/mol. The summed E-state index contributed by atoms with van der Waals surface area (Å²) in [5.74, 6) is 0.480. The Balaban J connectivity index is 1.81. The average molecular weight is 546 g/mol. The Hall–Kier alpha value is -3.37. The van der Waals surface area contributed by atoms with E-state index in [1.54, 1.807) is 54.6 Å². The molecule has 0 radical (unpaired) electrons. The summed E-state index contributed by atoms with van der Waals surface area (Å²) < 4.78 is 39.0. The monoisotopic (exact) mass is 545 g/mol. The van der Waals surface area contributed by atoms with Crippen LogP contribution >= 0.6 is 15.9 Å². The lowest BCUT2D eigenvalue weighted by molar-refractivity contribution is -0.119. The van der Waals surface area contributed by atoms with Crippen LogP contribution in [0.1, 0.15) is 11.1 Å². The summed E-state index contributed by atoms with van der Waals surface area (Å²) in [7, 11) is -0.943. The molecule has 0 spiro atoms. The smallest absolute Gasteiger partial charge is 0.264 e. The van der Waals surface area contributed by atoms with E-state index in [0.29, 0.717) is 22.7 Å². The van der Waals surface area contributed by atoms with Crippen molar-refractivity contribution in [2.24, 2.45) is 5.10 Å². The lowest BCUT2D eigenvalue weighted by Crippen LogP contribution is -2.39. The van der Waals surface area contributed by atoms with Crippen molar-refractivity contribution >= 4 is 43.8 Å². The van der Waals surface area contributed by atoms with Crippen molar-refractivity contribution in [3.05, 3.63) is 82.3 Å². The average Bonchev–Trinajstić information content (AvgIpc) is 2.83. The Morgan fingerprint density at radius 2 is 1.65 bits per heavy atom. The van der Waals surface area contributed by atoms with Gasteiger partial charge in [0.05, 0.1) is 31.0 Å². The zero-order valence-corrected chi connectivity index (χ0v) is 21.3. The third-order valence-corrected chi connectivity index (χ3v) is 7.14. The molecule has 0 aliphatic heterocycles. The number of hydrogen-bond acceptors (Lipinski definition) is 6. The normalized spacial score (nSPS) is 11.3. The quantitative estimate of drug-likeness (QED) is 0.322. The molecule has 1 amide bonds. The van der Waals surface area contributed by atoms with Gasteiger partial charge < -0.3 is 9.47 Å². The summed E-state index contributed by atoms with van der Waals surface area (Å²) in [5, 5.41) is 3.95. The number of anilines is 1. The summed E-state index contributed by atoms with van der Waals surface area (Å²) in [6.07, 6.45) is 1.43. The largest absolute Gasteiger partial charge is 0.493 e. The van der Waals surface area contributed by atoms with E-state index in [1.165, 1.54) is 32.6 Å². The first-order valence-corrected chi connectivity index (χ1v) is 12.4. The van der Waals surface area contributed by atoms with Gasteiger partial charge in [0.25, 0.3) is 15.9 Å². The first-order chi connectivity index (χ1) is 16.2. The Morgan fingerprint density at radius 3 is 2.26 bits per heavy atom. The fourth-order valence-corrected chi connectivity index (χ4v) is 4.72. The molecule has 10 heteroatoms. The summed E-state index contributed by atoms with van der Waals surface area (Å²) in [6.45, 7) is 1.41. The fraction of sp³-hybridized carbons (Fsp3) is 0.167. The van der Waals surface area contributed by atoms with Crippen LogP contribution in [-0.2, 0) is 14.8 Å². The van der Waals surface area contributed by atoms with Crippen molar-refractivity contribution in [1.82, 2.24) is 5.43 Å². The molecule has 0 aliphatic rings. The highest BCUT2D eigenvalue weighted by molar-refractivity contribution is 9.10. The topological polar surface area (TPSA) is 97.3 Å². The van der Waals surface area contributed by atoms with Crippen LogP contribution < -0.4 is 19.2 Å². The van der Waals surface area contributed by atoms with E-state index in [-0.39, 0.29) is 4.90 Å². The Morgan fingerprint density at radius 1 is 1.00 bits per heavy atom. The van der Waals surface area contributed by atoms with Gasteiger partial charge in [0.1, 0.15) is 6.54 Å². The van der Waals surface area contributed by atoms with Crippen LogP contribution in [-0.4, -0.2) is 41.3 Å². The van der Waals surface area contributed by atoms with E-state index < -0.39 is 22.5 Å². The molecule has 3 aromatic carbocycles. The van der Waals surface area contributed by atoms with E-state index in [2.05, 4.69) is 26.5 Å². The van der Waals surface area contributed by atoms with E-state index in [1.807, 2.05) is 6.92 Å². The number of benzene rings is 3. The van der Waals surface area contributed by atoms with Gasteiger partial charge in [-0.05, 0) is 67.1 Å². The highest BCUT2D eigenvalue weighted by atomic mass is 79.9. The SMILES string of the molecule is COc1ccc(/C=N\NC(=O)CN(c2ccc(Br)cc2)S(=O)(=O)c2ccc(C)cc2)cc1OC. The molecule has 0 saturated heterocycles. The maximum Gasteiger partial charge on any atom is 0.264 e. The lowest BCUT2D eigenvalue weighted by Gasteiger charge is -2.23. The minimum atomic E-state index is -4.00. The van der Waals surface area contributed by atoms with E-state index >= 15 is 0 Å². The van der Waals surface area contributed by atoms with Crippen LogP contribution in [0.3, 0.4) is 0 Å². The van der Waals surface area contributed by atoms with Crippen molar-refractivity contribution in [3.63, 3.8) is 0 Å². The number of amides is 1. The van der Waals surface area contributed by atoms with Gasteiger partial charge in [0.2, 0.25) is 0 Å². The van der Waals surface area contributed by atoms with Gasteiger partial charge in [-0.15, -0.1) is 0 Å². The zero-order chi connectivity index (χ0) is 24.7. The number of rotatable bonds is 9. The Kier molecular flexibility index (Phi) is 8.30. The summed E-state index contributed by atoms with van der Waals surface area (Å²) in [5.41, 5.74) is 4.32. The highest BCUT2D eigenvalue weighted by Crippen LogP contribution is 2.27. The number of methoxy groups -OCH3 is 2. The number of carbonyl (C=O) groups is 1. The number of ether oxygens (including phenoxy) is 2. The molecule has 0 fully saturated rings. The molecule has 3 aromatic rings.